The molecule has 0 spiro atoms. The first kappa shape index (κ1) is 26.8. The minimum atomic E-state index is -5.08. The van der Waals surface area contributed by atoms with Gasteiger partial charge < -0.3 is 19.9 Å². The second-order valence-corrected chi connectivity index (χ2v) is 9.20. The molecule has 1 saturated heterocycles. The van der Waals surface area contributed by atoms with Gasteiger partial charge in [0.15, 0.2) is 11.6 Å². The van der Waals surface area contributed by atoms with Gasteiger partial charge >= 0.3 is 12.1 Å². The van der Waals surface area contributed by atoms with Crippen LogP contribution in [0.15, 0.2) is 41.3 Å². The molecule has 1 saturated carbocycles. The number of hydrogen-bond acceptors (Lipinski definition) is 7. The predicted octanol–water partition coefficient (Wildman–Crippen LogP) is 3.93. The van der Waals surface area contributed by atoms with Crippen LogP contribution in [-0.2, 0) is 11.3 Å². The minimum absolute atomic E-state index is 0.299. The summed E-state index contributed by atoms with van der Waals surface area (Å²) in [4.78, 5) is 32.8. The van der Waals surface area contributed by atoms with Crippen molar-refractivity contribution in [2.24, 2.45) is 5.92 Å². The summed E-state index contributed by atoms with van der Waals surface area (Å²) in [5, 5.41) is 19.8. The molecule has 1 aliphatic carbocycles. The average molecular weight is 532 g/mol. The molecule has 5 rings (SSSR count). The third kappa shape index (κ3) is 6.76. The third-order valence-corrected chi connectivity index (χ3v) is 6.26. The quantitative estimate of drug-likeness (QED) is 0.474. The topological polar surface area (TPSA) is 124 Å². The molecule has 200 valence electrons. The number of halogens is 4. The number of nitriles is 1. The SMILES string of the molecule is N#Cc1ccc2nc(NC3CC3)c(N3CCC(Cn4ccc(F)cc4=O)CC3)nc2c1.O=C(O)C(F)(F)F. The highest BCUT2D eigenvalue weighted by Crippen LogP contribution is 2.33. The summed E-state index contributed by atoms with van der Waals surface area (Å²) in [6.07, 6.45) is 0.542. The maximum absolute atomic E-state index is 13.2. The van der Waals surface area contributed by atoms with Gasteiger partial charge in [-0.25, -0.2) is 19.2 Å². The van der Waals surface area contributed by atoms with E-state index in [0.717, 1.165) is 67.5 Å². The smallest absolute Gasteiger partial charge is 0.475 e. The van der Waals surface area contributed by atoms with Crippen LogP contribution in [-0.4, -0.2) is 50.9 Å². The molecule has 2 aromatic heterocycles. The Balaban J connectivity index is 0.000000426. The van der Waals surface area contributed by atoms with E-state index in [9.17, 15) is 27.6 Å². The molecule has 2 N–H and O–H groups in total. The van der Waals surface area contributed by atoms with Crippen molar-refractivity contribution in [1.29, 1.82) is 5.26 Å². The predicted molar refractivity (Wildman–Crippen MR) is 130 cm³/mol. The summed E-state index contributed by atoms with van der Waals surface area (Å²) in [5.74, 6) is -1.29. The second kappa shape index (κ2) is 11.0. The van der Waals surface area contributed by atoms with Crippen LogP contribution in [0.3, 0.4) is 0 Å². The Bertz CT molecular complexity index is 1420. The van der Waals surface area contributed by atoms with Gasteiger partial charge in [0.2, 0.25) is 0 Å². The summed E-state index contributed by atoms with van der Waals surface area (Å²) < 4.78 is 46.5. The lowest BCUT2D eigenvalue weighted by Crippen LogP contribution is -2.37. The van der Waals surface area contributed by atoms with Crippen molar-refractivity contribution in [3.05, 3.63) is 58.3 Å². The maximum atomic E-state index is 13.2. The molecule has 1 aliphatic heterocycles. The Morgan fingerprint density at radius 2 is 1.79 bits per heavy atom. The molecule has 0 radical (unpaired) electrons. The van der Waals surface area contributed by atoms with Crippen LogP contribution in [0.5, 0.6) is 0 Å². The van der Waals surface area contributed by atoms with Crippen LogP contribution in [0, 0.1) is 23.1 Å². The highest BCUT2D eigenvalue weighted by atomic mass is 19.4. The Hall–Kier alpha value is -4.21. The molecule has 0 atom stereocenters. The largest absolute Gasteiger partial charge is 0.490 e. The number of benzene rings is 1. The highest BCUT2D eigenvalue weighted by Gasteiger charge is 2.38. The van der Waals surface area contributed by atoms with Crippen molar-refractivity contribution in [2.75, 3.05) is 23.3 Å². The number of nitrogens with zero attached hydrogens (tertiary/aromatic N) is 5. The van der Waals surface area contributed by atoms with Crippen LogP contribution < -0.4 is 15.8 Å². The van der Waals surface area contributed by atoms with Crippen LogP contribution in [0.1, 0.15) is 31.2 Å². The lowest BCUT2D eigenvalue weighted by Gasteiger charge is -2.34. The first-order valence-electron chi connectivity index (χ1n) is 11.9. The normalized spacial score (nSPS) is 15.9. The molecule has 0 amide bonds. The Kier molecular flexibility index (Phi) is 7.80. The number of carbonyl (C=O) groups is 1. The van der Waals surface area contributed by atoms with E-state index in [0.29, 0.717) is 24.1 Å². The maximum Gasteiger partial charge on any atom is 0.490 e. The van der Waals surface area contributed by atoms with E-state index >= 15 is 0 Å². The fraction of sp³-hybridized carbons (Fsp3) is 0.400. The number of hydrogen-bond donors (Lipinski definition) is 2. The van der Waals surface area contributed by atoms with Gasteiger partial charge in [-0.2, -0.15) is 18.4 Å². The molecule has 3 heterocycles. The first-order valence-corrected chi connectivity index (χ1v) is 11.9. The van der Waals surface area contributed by atoms with E-state index in [1.165, 1.54) is 12.3 Å². The van der Waals surface area contributed by atoms with Crippen LogP contribution in [0.25, 0.3) is 11.0 Å². The number of pyridine rings is 1. The van der Waals surface area contributed by atoms with Crippen LogP contribution in [0.2, 0.25) is 0 Å². The zero-order valence-corrected chi connectivity index (χ0v) is 20.1. The Morgan fingerprint density at radius 1 is 1.11 bits per heavy atom. The van der Waals surface area contributed by atoms with Crippen molar-refractivity contribution in [2.45, 2.75) is 44.4 Å². The van der Waals surface area contributed by atoms with E-state index in [-0.39, 0.29) is 5.56 Å². The van der Waals surface area contributed by atoms with Crippen molar-refractivity contribution < 1.29 is 27.5 Å². The molecular weight excluding hydrogens is 508 g/mol. The molecule has 0 bridgehead atoms. The van der Waals surface area contributed by atoms with Gasteiger partial charge in [-0.3, -0.25) is 4.79 Å². The first-order chi connectivity index (χ1) is 18.0. The van der Waals surface area contributed by atoms with Crippen molar-refractivity contribution in [3.63, 3.8) is 0 Å². The van der Waals surface area contributed by atoms with Gasteiger partial charge in [-0.1, -0.05) is 0 Å². The fourth-order valence-electron chi connectivity index (χ4n) is 4.09. The van der Waals surface area contributed by atoms with Crippen LogP contribution in [0.4, 0.5) is 29.2 Å². The lowest BCUT2D eigenvalue weighted by molar-refractivity contribution is -0.192. The lowest BCUT2D eigenvalue weighted by atomic mass is 9.96. The number of alkyl halides is 3. The second-order valence-electron chi connectivity index (χ2n) is 9.20. The summed E-state index contributed by atoms with van der Waals surface area (Å²) >= 11 is 0. The number of carboxylic acids is 1. The van der Waals surface area contributed by atoms with Gasteiger partial charge in [0.05, 0.1) is 22.7 Å². The molecule has 3 aromatic rings. The Labute approximate surface area is 214 Å². The van der Waals surface area contributed by atoms with Gasteiger partial charge in [-0.05, 0) is 55.9 Å². The molecule has 9 nitrogen and oxygen atoms in total. The van der Waals surface area contributed by atoms with Gasteiger partial charge in [0, 0.05) is 37.9 Å². The number of piperidine rings is 1. The minimum Gasteiger partial charge on any atom is -0.475 e. The Morgan fingerprint density at radius 3 is 2.37 bits per heavy atom. The summed E-state index contributed by atoms with van der Waals surface area (Å²) in [7, 11) is 0. The summed E-state index contributed by atoms with van der Waals surface area (Å²) in [6, 6.07) is 10.4. The summed E-state index contributed by atoms with van der Waals surface area (Å²) in [6.45, 7) is 2.20. The van der Waals surface area contributed by atoms with Gasteiger partial charge in [0.25, 0.3) is 5.56 Å². The number of aromatic nitrogens is 3. The molecule has 1 aromatic carbocycles. The van der Waals surface area contributed by atoms with Crippen LogP contribution >= 0.6 is 0 Å². The number of fused-ring (bicyclic) bond motifs is 1. The van der Waals surface area contributed by atoms with E-state index in [4.69, 9.17) is 19.9 Å². The summed E-state index contributed by atoms with van der Waals surface area (Å²) in [5.41, 5.74) is 1.76. The van der Waals surface area contributed by atoms with Gasteiger partial charge in [-0.15, -0.1) is 0 Å². The zero-order valence-electron chi connectivity index (χ0n) is 20.1. The average Bonchev–Trinajstić information content (AvgIpc) is 3.69. The number of rotatable bonds is 5. The van der Waals surface area contributed by atoms with Crippen molar-refractivity contribution in [3.8, 4) is 6.07 Å². The molecule has 2 fully saturated rings. The fourth-order valence-corrected chi connectivity index (χ4v) is 4.09. The third-order valence-electron chi connectivity index (χ3n) is 6.26. The number of nitrogens with one attached hydrogen (secondary N) is 1. The molecule has 38 heavy (non-hydrogen) atoms. The molecule has 0 unspecified atom stereocenters. The molecule has 2 aliphatic rings. The number of anilines is 2. The molecular formula is C25H24F4N6O3. The standard InChI is InChI=1S/C23H23FN6O.C2HF3O2/c24-17-7-10-30(21(31)12-17)14-15-5-8-29(9-6-15)23-22(26-18-2-3-18)27-19-4-1-16(13-25)11-20(19)28-23;3-2(4,5)1(6)7/h1,4,7,10-12,15,18H,2-3,5-6,8-9,14H2,(H,26,27);(H,6,7). The monoisotopic (exact) mass is 532 g/mol. The molecule has 13 heteroatoms. The number of aliphatic carboxylic acids is 1. The van der Waals surface area contributed by atoms with E-state index in [1.54, 1.807) is 16.7 Å². The van der Waals surface area contributed by atoms with E-state index in [1.807, 2.05) is 6.07 Å². The van der Waals surface area contributed by atoms with Crippen molar-refractivity contribution >= 4 is 28.6 Å². The van der Waals surface area contributed by atoms with Crippen molar-refractivity contribution in [1.82, 2.24) is 14.5 Å². The number of carboxylic acid groups (broad SMARTS) is 1. The highest BCUT2D eigenvalue weighted by molar-refractivity contribution is 5.82. The van der Waals surface area contributed by atoms with E-state index in [2.05, 4.69) is 16.3 Å². The van der Waals surface area contributed by atoms with Gasteiger partial charge in [0.1, 0.15) is 5.82 Å². The zero-order chi connectivity index (χ0) is 27.4. The van der Waals surface area contributed by atoms with E-state index < -0.39 is 18.0 Å².